The van der Waals surface area contributed by atoms with E-state index in [9.17, 15) is 0 Å². The molecule has 22 heavy (non-hydrogen) atoms. The summed E-state index contributed by atoms with van der Waals surface area (Å²) in [6.07, 6.45) is 0. The van der Waals surface area contributed by atoms with Crippen LogP contribution >= 0.6 is 0 Å². The number of nitrogens with zero attached hydrogens (tertiary/aromatic N) is 3. The van der Waals surface area contributed by atoms with Crippen molar-refractivity contribution in [3.05, 3.63) is 66.7 Å². The van der Waals surface area contributed by atoms with Crippen molar-refractivity contribution >= 4 is 0 Å². The van der Waals surface area contributed by atoms with Gasteiger partial charge in [0.2, 0.25) is 5.89 Å². The van der Waals surface area contributed by atoms with Crippen molar-refractivity contribution in [1.82, 2.24) is 20.4 Å². The lowest BCUT2D eigenvalue weighted by atomic mass is 10.1. The summed E-state index contributed by atoms with van der Waals surface area (Å²) in [6, 6.07) is 21.5. The molecule has 0 saturated heterocycles. The zero-order valence-corrected chi connectivity index (χ0v) is 11.6. The third-order valence-corrected chi connectivity index (χ3v) is 3.32. The molecular formula is C17H12N4O. The molecule has 0 aliphatic rings. The number of aromatic nitrogens is 4. The molecule has 0 aliphatic carbocycles. The van der Waals surface area contributed by atoms with Gasteiger partial charge in [-0.2, -0.15) is 5.10 Å². The maximum atomic E-state index is 5.71. The Kier molecular flexibility index (Phi) is 3.01. The number of H-pyrrole nitrogens is 1. The summed E-state index contributed by atoms with van der Waals surface area (Å²) in [5, 5.41) is 15.4. The van der Waals surface area contributed by atoms with E-state index in [2.05, 4.69) is 20.4 Å². The highest BCUT2D eigenvalue weighted by atomic mass is 16.4. The van der Waals surface area contributed by atoms with Gasteiger partial charge in [-0.3, -0.25) is 5.10 Å². The molecular weight excluding hydrogens is 276 g/mol. The highest BCUT2D eigenvalue weighted by molar-refractivity contribution is 5.64. The van der Waals surface area contributed by atoms with Crippen molar-refractivity contribution in [1.29, 1.82) is 0 Å². The molecule has 4 aromatic rings. The van der Waals surface area contributed by atoms with E-state index < -0.39 is 0 Å². The van der Waals surface area contributed by atoms with Gasteiger partial charge in [0.25, 0.3) is 5.89 Å². The molecule has 0 fully saturated rings. The van der Waals surface area contributed by atoms with E-state index in [-0.39, 0.29) is 0 Å². The molecule has 2 aromatic heterocycles. The second kappa shape index (κ2) is 5.29. The van der Waals surface area contributed by atoms with Crippen molar-refractivity contribution < 1.29 is 4.42 Å². The summed E-state index contributed by atoms with van der Waals surface area (Å²) in [4.78, 5) is 0. The fraction of sp³-hybridized carbons (Fsp3) is 0. The smallest absolute Gasteiger partial charge is 0.266 e. The Hall–Kier alpha value is -3.21. The molecule has 5 heteroatoms. The maximum Gasteiger partial charge on any atom is 0.266 e. The summed E-state index contributed by atoms with van der Waals surface area (Å²) < 4.78 is 5.71. The van der Waals surface area contributed by atoms with E-state index >= 15 is 0 Å². The average molecular weight is 288 g/mol. The molecule has 0 aliphatic heterocycles. The first-order valence-electron chi connectivity index (χ1n) is 6.90. The normalized spacial score (nSPS) is 10.7. The lowest BCUT2D eigenvalue weighted by Gasteiger charge is -1.92. The fourth-order valence-corrected chi connectivity index (χ4v) is 2.22. The Balaban J connectivity index is 1.66. The van der Waals surface area contributed by atoms with Crippen LogP contribution in [0.2, 0.25) is 0 Å². The Bertz CT molecular complexity index is 805. The highest BCUT2D eigenvalue weighted by Gasteiger charge is 2.13. The van der Waals surface area contributed by atoms with Gasteiger partial charge >= 0.3 is 0 Å². The lowest BCUT2D eigenvalue weighted by Crippen LogP contribution is -1.77. The van der Waals surface area contributed by atoms with Crippen LogP contribution in [0.15, 0.2) is 71.1 Å². The van der Waals surface area contributed by atoms with E-state index in [1.807, 2.05) is 66.7 Å². The number of nitrogens with one attached hydrogen (secondary N) is 1. The van der Waals surface area contributed by atoms with Crippen LogP contribution in [-0.2, 0) is 0 Å². The largest absolute Gasteiger partial charge is 0.415 e. The first kappa shape index (κ1) is 12.5. The quantitative estimate of drug-likeness (QED) is 0.622. The van der Waals surface area contributed by atoms with Gasteiger partial charge in [0, 0.05) is 11.1 Å². The van der Waals surface area contributed by atoms with Gasteiger partial charge in [-0.25, -0.2) is 0 Å². The second-order valence-electron chi connectivity index (χ2n) is 4.81. The van der Waals surface area contributed by atoms with Gasteiger partial charge in [-0.15, -0.1) is 10.2 Å². The van der Waals surface area contributed by atoms with Crippen LogP contribution in [0.25, 0.3) is 34.3 Å². The molecule has 0 bridgehead atoms. The third kappa shape index (κ3) is 2.29. The highest BCUT2D eigenvalue weighted by Crippen LogP contribution is 2.25. The molecule has 106 valence electrons. The van der Waals surface area contributed by atoms with E-state index in [1.165, 1.54) is 0 Å². The van der Waals surface area contributed by atoms with Crippen LogP contribution in [0, 0.1) is 0 Å². The van der Waals surface area contributed by atoms with Gasteiger partial charge in [0.1, 0.15) is 5.69 Å². The topological polar surface area (TPSA) is 67.6 Å². The summed E-state index contributed by atoms with van der Waals surface area (Å²) in [5.41, 5.74) is 3.47. The van der Waals surface area contributed by atoms with E-state index in [1.54, 1.807) is 0 Å². The van der Waals surface area contributed by atoms with E-state index in [4.69, 9.17) is 4.42 Å². The number of rotatable bonds is 3. The molecule has 0 unspecified atom stereocenters. The molecule has 2 aromatic carbocycles. The zero-order valence-electron chi connectivity index (χ0n) is 11.6. The summed E-state index contributed by atoms with van der Waals surface area (Å²) in [6.45, 7) is 0. The standard InChI is InChI=1S/C17H12N4O/c1-3-7-12(8-4-1)14-11-15(19-18-14)17-21-20-16(22-17)13-9-5-2-6-10-13/h1-11H,(H,18,19). The van der Waals surface area contributed by atoms with Crippen LogP contribution in [0.5, 0.6) is 0 Å². The van der Waals surface area contributed by atoms with E-state index in [0.717, 1.165) is 16.8 Å². The molecule has 0 amide bonds. The summed E-state index contributed by atoms with van der Waals surface area (Å²) in [7, 11) is 0. The number of aromatic amines is 1. The van der Waals surface area contributed by atoms with Crippen LogP contribution in [0.3, 0.4) is 0 Å². The average Bonchev–Trinajstić information content (AvgIpc) is 3.26. The van der Waals surface area contributed by atoms with Gasteiger partial charge in [0.15, 0.2) is 0 Å². The first-order valence-corrected chi connectivity index (χ1v) is 6.90. The van der Waals surface area contributed by atoms with Gasteiger partial charge in [-0.05, 0) is 18.2 Å². The SMILES string of the molecule is c1ccc(-c2cc(-c3nnc(-c4ccccc4)o3)[nH]n2)cc1. The van der Waals surface area contributed by atoms with Crippen molar-refractivity contribution in [2.75, 3.05) is 0 Å². The predicted octanol–water partition coefficient (Wildman–Crippen LogP) is 3.79. The number of hydrogen-bond acceptors (Lipinski definition) is 4. The molecule has 0 saturated carbocycles. The second-order valence-corrected chi connectivity index (χ2v) is 4.81. The van der Waals surface area contributed by atoms with E-state index in [0.29, 0.717) is 17.5 Å². The Morgan fingerprint density at radius 3 is 2.09 bits per heavy atom. The molecule has 1 N–H and O–H groups in total. The van der Waals surface area contributed by atoms with Gasteiger partial charge < -0.3 is 4.42 Å². The van der Waals surface area contributed by atoms with Crippen LogP contribution < -0.4 is 0 Å². The van der Waals surface area contributed by atoms with Gasteiger partial charge in [-0.1, -0.05) is 48.5 Å². The van der Waals surface area contributed by atoms with Crippen molar-refractivity contribution in [3.8, 4) is 34.3 Å². The molecule has 5 nitrogen and oxygen atoms in total. The van der Waals surface area contributed by atoms with Crippen molar-refractivity contribution in [2.24, 2.45) is 0 Å². The lowest BCUT2D eigenvalue weighted by molar-refractivity contribution is 0.582. The van der Waals surface area contributed by atoms with Crippen LogP contribution in [0.4, 0.5) is 0 Å². The van der Waals surface area contributed by atoms with Crippen LogP contribution in [-0.4, -0.2) is 20.4 Å². The summed E-state index contributed by atoms with van der Waals surface area (Å²) in [5.74, 6) is 0.917. The van der Waals surface area contributed by atoms with Gasteiger partial charge in [0.05, 0.1) is 5.69 Å². The monoisotopic (exact) mass is 288 g/mol. The van der Waals surface area contributed by atoms with Crippen LogP contribution in [0.1, 0.15) is 0 Å². The predicted molar refractivity (Wildman–Crippen MR) is 82.8 cm³/mol. The molecule has 0 radical (unpaired) electrons. The Labute approximate surface area is 126 Å². The first-order chi connectivity index (χ1) is 10.9. The zero-order chi connectivity index (χ0) is 14.8. The Morgan fingerprint density at radius 1 is 0.727 bits per heavy atom. The Morgan fingerprint density at radius 2 is 1.36 bits per heavy atom. The third-order valence-electron chi connectivity index (χ3n) is 3.32. The summed E-state index contributed by atoms with van der Waals surface area (Å²) >= 11 is 0. The van der Waals surface area contributed by atoms with Crippen molar-refractivity contribution in [2.45, 2.75) is 0 Å². The molecule has 4 rings (SSSR count). The minimum absolute atomic E-state index is 0.425. The number of hydrogen-bond donors (Lipinski definition) is 1. The minimum atomic E-state index is 0.425. The molecule has 2 heterocycles. The minimum Gasteiger partial charge on any atom is -0.415 e. The fourth-order valence-electron chi connectivity index (χ4n) is 2.22. The maximum absolute atomic E-state index is 5.71. The van der Waals surface area contributed by atoms with Crippen molar-refractivity contribution in [3.63, 3.8) is 0 Å². The molecule has 0 atom stereocenters. The molecule has 0 spiro atoms. The number of benzene rings is 2.